The van der Waals surface area contributed by atoms with Crippen LogP contribution in [0, 0.1) is 11.8 Å². The first-order valence-corrected chi connectivity index (χ1v) is 4.82. The zero-order valence-electron chi connectivity index (χ0n) is 6.35. The molecule has 0 aliphatic rings. The average molecular weight is 245 g/mol. The SMILES string of the molecule is ClCCC#Cc1ccc(Br)cn1. The van der Waals surface area contributed by atoms with E-state index in [1.54, 1.807) is 6.20 Å². The molecule has 0 N–H and O–H groups in total. The molecule has 0 aliphatic carbocycles. The molecule has 3 heteroatoms. The Morgan fingerprint density at radius 1 is 1.50 bits per heavy atom. The Morgan fingerprint density at radius 3 is 2.92 bits per heavy atom. The van der Waals surface area contributed by atoms with Gasteiger partial charge in [-0.2, -0.15) is 0 Å². The third-order valence-corrected chi connectivity index (χ3v) is 1.82. The normalized spacial score (nSPS) is 8.83. The Balaban J connectivity index is 2.66. The van der Waals surface area contributed by atoms with Gasteiger partial charge in [-0.05, 0) is 34.0 Å². The number of aromatic nitrogens is 1. The maximum Gasteiger partial charge on any atom is 0.113 e. The quantitative estimate of drug-likeness (QED) is 0.547. The second kappa shape index (κ2) is 5.18. The number of nitrogens with zero attached hydrogens (tertiary/aromatic N) is 1. The van der Waals surface area contributed by atoms with E-state index >= 15 is 0 Å². The first kappa shape index (κ1) is 9.57. The summed E-state index contributed by atoms with van der Waals surface area (Å²) >= 11 is 8.76. The molecule has 1 aromatic heterocycles. The van der Waals surface area contributed by atoms with Crippen LogP contribution in [0.5, 0.6) is 0 Å². The van der Waals surface area contributed by atoms with Crippen molar-refractivity contribution in [3.8, 4) is 11.8 Å². The first-order valence-electron chi connectivity index (χ1n) is 3.49. The summed E-state index contributed by atoms with van der Waals surface area (Å²) in [4.78, 5) is 4.09. The molecule has 0 unspecified atom stereocenters. The molecule has 0 aromatic carbocycles. The van der Waals surface area contributed by atoms with Crippen LogP contribution in [0.2, 0.25) is 0 Å². The standard InChI is InChI=1S/C9H7BrClN/c10-8-4-5-9(12-7-8)3-1-2-6-11/h4-5,7H,2,6H2. The number of halogens is 2. The molecule has 1 heterocycles. The number of alkyl halides is 1. The van der Waals surface area contributed by atoms with Crippen molar-refractivity contribution >= 4 is 27.5 Å². The van der Waals surface area contributed by atoms with Gasteiger partial charge in [0, 0.05) is 23.0 Å². The lowest BCUT2D eigenvalue weighted by molar-refractivity contribution is 1.25. The van der Waals surface area contributed by atoms with Crippen LogP contribution in [0.1, 0.15) is 12.1 Å². The second-order valence-electron chi connectivity index (χ2n) is 2.10. The van der Waals surface area contributed by atoms with E-state index in [1.165, 1.54) is 0 Å². The van der Waals surface area contributed by atoms with E-state index in [-0.39, 0.29) is 0 Å². The van der Waals surface area contributed by atoms with Gasteiger partial charge >= 0.3 is 0 Å². The second-order valence-corrected chi connectivity index (χ2v) is 3.40. The minimum Gasteiger partial charge on any atom is -0.247 e. The maximum absolute atomic E-state index is 5.46. The topological polar surface area (TPSA) is 12.9 Å². The fourth-order valence-corrected chi connectivity index (χ4v) is 0.979. The van der Waals surface area contributed by atoms with Crippen molar-refractivity contribution in [3.63, 3.8) is 0 Å². The highest BCUT2D eigenvalue weighted by Gasteiger charge is 1.87. The van der Waals surface area contributed by atoms with Gasteiger partial charge < -0.3 is 0 Å². The maximum atomic E-state index is 5.46. The molecule has 0 saturated carbocycles. The molecule has 12 heavy (non-hydrogen) atoms. The lowest BCUT2D eigenvalue weighted by Crippen LogP contribution is -1.80. The largest absolute Gasteiger partial charge is 0.247 e. The van der Waals surface area contributed by atoms with Gasteiger partial charge in [-0.3, -0.25) is 0 Å². The fourth-order valence-electron chi connectivity index (χ4n) is 0.650. The van der Waals surface area contributed by atoms with Crippen molar-refractivity contribution in [2.24, 2.45) is 0 Å². The van der Waals surface area contributed by atoms with Gasteiger partial charge in [0.25, 0.3) is 0 Å². The third kappa shape index (κ3) is 3.25. The number of hydrogen-bond donors (Lipinski definition) is 0. The minimum absolute atomic E-state index is 0.573. The van der Waals surface area contributed by atoms with E-state index in [9.17, 15) is 0 Å². The molecule has 1 nitrogen and oxygen atoms in total. The summed E-state index contributed by atoms with van der Waals surface area (Å²) in [5, 5.41) is 0. The van der Waals surface area contributed by atoms with E-state index in [1.807, 2.05) is 12.1 Å². The van der Waals surface area contributed by atoms with Crippen molar-refractivity contribution in [2.45, 2.75) is 6.42 Å². The molecule has 0 bridgehead atoms. The number of hydrogen-bond acceptors (Lipinski definition) is 1. The molecule has 0 saturated heterocycles. The Bertz CT molecular complexity index is 297. The van der Waals surface area contributed by atoms with Crippen molar-refractivity contribution in [3.05, 3.63) is 28.5 Å². The predicted octanol–water partition coefficient (Wildman–Crippen LogP) is 2.82. The van der Waals surface area contributed by atoms with Crippen LogP contribution in [0.15, 0.2) is 22.8 Å². The van der Waals surface area contributed by atoms with Gasteiger partial charge in [0.15, 0.2) is 0 Å². The van der Waals surface area contributed by atoms with Crippen molar-refractivity contribution < 1.29 is 0 Å². The molecule has 0 spiro atoms. The van der Waals surface area contributed by atoms with E-state index < -0.39 is 0 Å². The highest BCUT2D eigenvalue weighted by atomic mass is 79.9. The van der Waals surface area contributed by atoms with Gasteiger partial charge in [0.2, 0.25) is 0 Å². The minimum atomic E-state index is 0.573. The Hall–Kier alpha value is -0.520. The van der Waals surface area contributed by atoms with Gasteiger partial charge in [-0.1, -0.05) is 5.92 Å². The molecule has 0 fully saturated rings. The van der Waals surface area contributed by atoms with Crippen LogP contribution in [0.3, 0.4) is 0 Å². The van der Waals surface area contributed by atoms with E-state index in [0.717, 1.165) is 10.2 Å². The summed E-state index contributed by atoms with van der Waals surface area (Å²) < 4.78 is 0.963. The molecular weight excluding hydrogens is 237 g/mol. The summed E-state index contributed by atoms with van der Waals surface area (Å²) in [5.74, 6) is 6.39. The van der Waals surface area contributed by atoms with Crippen LogP contribution in [0.4, 0.5) is 0 Å². The zero-order chi connectivity index (χ0) is 8.81. The highest BCUT2D eigenvalue weighted by molar-refractivity contribution is 9.10. The molecule has 0 atom stereocenters. The molecule has 1 aromatic rings. The Kier molecular flexibility index (Phi) is 4.13. The van der Waals surface area contributed by atoms with Crippen molar-refractivity contribution in [1.82, 2.24) is 4.98 Å². The predicted molar refractivity (Wildman–Crippen MR) is 54.2 cm³/mol. The van der Waals surface area contributed by atoms with E-state index in [4.69, 9.17) is 11.6 Å². The molecule has 0 amide bonds. The van der Waals surface area contributed by atoms with Crippen molar-refractivity contribution in [1.29, 1.82) is 0 Å². The lowest BCUT2D eigenvalue weighted by atomic mass is 10.3. The molecular formula is C9H7BrClN. The highest BCUT2D eigenvalue weighted by Crippen LogP contribution is 2.06. The summed E-state index contributed by atoms with van der Waals surface area (Å²) in [5.41, 5.74) is 0.781. The van der Waals surface area contributed by atoms with Gasteiger partial charge in [-0.25, -0.2) is 4.98 Å². The molecule has 1 rings (SSSR count). The lowest BCUT2D eigenvalue weighted by Gasteiger charge is -1.88. The first-order chi connectivity index (χ1) is 5.83. The number of rotatable bonds is 1. The van der Waals surface area contributed by atoms with Crippen LogP contribution in [-0.2, 0) is 0 Å². The molecule has 0 radical (unpaired) electrons. The van der Waals surface area contributed by atoms with Gasteiger partial charge in [0.1, 0.15) is 5.69 Å². The van der Waals surface area contributed by atoms with Gasteiger partial charge in [0.05, 0.1) is 0 Å². The van der Waals surface area contributed by atoms with Gasteiger partial charge in [-0.15, -0.1) is 11.6 Å². The van der Waals surface area contributed by atoms with Crippen LogP contribution >= 0.6 is 27.5 Å². The average Bonchev–Trinajstić information content (AvgIpc) is 2.09. The van der Waals surface area contributed by atoms with Crippen molar-refractivity contribution in [2.75, 3.05) is 5.88 Å². The molecule has 62 valence electrons. The fraction of sp³-hybridized carbons (Fsp3) is 0.222. The number of pyridine rings is 1. The van der Waals surface area contributed by atoms with Crippen LogP contribution in [-0.4, -0.2) is 10.9 Å². The smallest absolute Gasteiger partial charge is 0.113 e. The molecule has 0 aliphatic heterocycles. The Morgan fingerprint density at radius 2 is 2.33 bits per heavy atom. The van der Waals surface area contributed by atoms with E-state index in [2.05, 4.69) is 32.8 Å². The monoisotopic (exact) mass is 243 g/mol. The summed E-state index contributed by atoms with van der Waals surface area (Å²) in [6.07, 6.45) is 2.43. The zero-order valence-corrected chi connectivity index (χ0v) is 8.69. The summed E-state index contributed by atoms with van der Waals surface area (Å²) in [7, 11) is 0. The summed E-state index contributed by atoms with van der Waals surface area (Å²) in [6, 6.07) is 3.78. The third-order valence-electron chi connectivity index (χ3n) is 1.16. The van der Waals surface area contributed by atoms with Crippen LogP contribution < -0.4 is 0 Å². The Labute approximate surface area is 85.3 Å². The van der Waals surface area contributed by atoms with Crippen LogP contribution in [0.25, 0.3) is 0 Å². The summed E-state index contributed by atoms with van der Waals surface area (Å²) in [6.45, 7) is 0. The van der Waals surface area contributed by atoms with E-state index in [0.29, 0.717) is 12.3 Å².